The molecule has 0 bridgehead atoms. The van der Waals surface area contributed by atoms with E-state index >= 15 is 0 Å². The van der Waals surface area contributed by atoms with E-state index in [-0.39, 0.29) is 5.41 Å². The van der Waals surface area contributed by atoms with Crippen LogP contribution in [0.5, 0.6) is 0 Å². The molecule has 1 aromatic rings. The van der Waals surface area contributed by atoms with Crippen LogP contribution in [-0.2, 0) is 18.3 Å². The Morgan fingerprint density at radius 3 is 2.67 bits per heavy atom. The molecule has 3 nitrogen and oxygen atoms in total. The van der Waals surface area contributed by atoms with E-state index < -0.39 is 0 Å². The van der Waals surface area contributed by atoms with Gasteiger partial charge in [0.05, 0.1) is 5.69 Å². The van der Waals surface area contributed by atoms with Gasteiger partial charge in [-0.05, 0) is 25.8 Å². The first-order valence-electron chi connectivity index (χ1n) is 5.61. The fourth-order valence-electron chi connectivity index (χ4n) is 2.61. The molecule has 15 heavy (non-hydrogen) atoms. The van der Waals surface area contributed by atoms with Crippen LogP contribution in [0.3, 0.4) is 0 Å². The minimum atomic E-state index is -0.0970. The Labute approximate surface area is 90.5 Å². The highest BCUT2D eigenvalue weighted by atomic mass is 16.1. The topological polar surface area (TPSA) is 34.9 Å². The van der Waals surface area contributed by atoms with Crippen LogP contribution in [-0.4, -0.2) is 16.1 Å². The standard InChI is InChI=1S/C12H18N2O/c1-10-7-11(14(2)13-10)8-12(9-15)5-3-4-6-12/h7,9H,3-6,8H2,1-2H3. The van der Waals surface area contributed by atoms with Crippen LogP contribution < -0.4 is 0 Å². The zero-order valence-corrected chi connectivity index (χ0v) is 9.49. The zero-order chi connectivity index (χ0) is 10.9. The molecule has 0 atom stereocenters. The highest BCUT2D eigenvalue weighted by Gasteiger charge is 2.34. The molecule has 0 spiro atoms. The lowest BCUT2D eigenvalue weighted by Gasteiger charge is -2.21. The second kappa shape index (κ2) is 3.80. The average Bonchev–Trinajstić information content (AvgIpc) is 2.76. The van der Waals surface area contributed by atoms with Crippen LogP contribution in [0.2, 0.25) is 0 Å². The van der Waals surface area contributed by atoms with Gasteiger partial charge in [-0.1, -0.05) is 12.8 Å². The summed E-state index contributed by atoms with van der Waals surface area (Å²) in [5.41, 5.74) is 2.12. The first-order chi connectivity index (χ1) is 7.15. The molecule has 0 aliphatic heterocycles. The molecule has 1 fully saturated rings. The quantitative estimate of drug-likeness (QED) is 0.709. The van der Waals surface area contributed by atoms with Gasteiger partial charge in [-0.25, -0.2) is 0 Å². The molecule has 3 heteroatoms. The number of aromatic nitrogens is 2. The third-order valence-corrected chi connectivity index (χ3v) is 3.48. The summed E-state index contributed by atoms with van der Waals surface area (Å²) in [7, 11) is 1.95. The van der Waals surface area contributed by atoms with Crippen LogP contribution in [0.4, 0.5) is 0 Å². The van der Waals surface area contributed by atoms with Gasteiger partial charge in [0.25, 0.3) is 0 Å². The van der Waals surface area contributed by atoms with E-state index in [1.807, 2.05) is 18.7 Å². The SMILES string of the molecule is Cc1cc(CC2(C=O)CCCC2)n(C)n1. The Kier molecular flexibility index (Phi) is 2.63. The van der Waals surface area contributed by atoms with Gasteiger partial charge >= 0.3 is 0 Å². The van der Waals surface area contributed by atoms with E-state index in [2.05, 4.69) is 11.2 Å². The average molecular weight is 206 g/mol. The van der Waals surface area contributed by atoms with Gasteiger partial charge in [0.2, 0.25) is 0 Å². The second-order valence-electron chi connectivity index (χ2n) is 4.76. The van der Waals surface area contributed by atoms with Gasteiger partial charge in [-0.3, -0.25) is 4.68 Å². The van der Waals surface area contributed by atoms with Crippen LogP contribution in [0, 0.1) is 12.3 Å². The summed E-state index contributed by atoms with van der Waals surface area (Å²) in [5.74, 6) is 0. The van der Waals surface area contributed by atoms with Gasteiger partial charge in [0.15, 0.2) is 0 Å². The van der Waals surface area contributed by atoms with Crippen molar-refractivity contribution in [1.29, 1.82) is 0 Å². The molecule has 2 rings (SSSR count). The van der Waals surface area contributed by atoms with Crippen LogP contribution in [0.25, 0.3) is 0 Å². The van der Waals surface area contributed by atoms with Crippen LogP contribution in [0.15, 0.2) is 6.07 Å². The van der Waals surface area contributed by atoms with Crippen LogP contribution >= 0.6 is 0 Å². The van der Waals surface area contributed by atoms with Gasteiger partial charge < -0.3 is 4.79 Å². The van der Waals surface area contributed by atoms with Gasteiger partial charge in [-0.15, -0.1) is 0 Å². The molecule has 0 radical (unpaired) electrons. The maximum Gasteiger partial charge on any atom is 0.126 e. The molecule has 82 valence electrons. The van der Waals surface area contributed by atoms with Crippen molar-refractivity contribution < 1.29 is 4.79 Å². The highest BCUT2D eigenvalue weighted by Crippen LogP contribution is 2.39. The molecular weight excluding hydrogens is 188 g/mol. The number of carbonyl (C=O) groups is 1. The van der Waals surface area contributed by atoms with E-state index in [1.165, 1.54) is 24.8 Å². The molecular formula is C12H18N2O. The predicted octanol–water partition coefficient (Wildman–Crippen LogP) is 2.03. The van der Waals surface area contributed by atoms with E-state index in [1.54, 1.807) is 0 Å². The van der Waals surface area contributed by atoms with Crippen LogP contribution in [0.1, 0.15) is 37.1 Å². The molecule has 1 saturated carbocycles. The van der Waals surface area contributed by atoms with Crippen molar-refractivity contribution in [1.82, 2.24) is 9.78 Å². The van der Waals surface area contributed by atoms with Crippen molar-refractivity contribution in [2.24, 2.45) is 12.5 Å². The fourth-order valence-corrected chi connectivity index (χ4v) is 2.61. The molecule has 0 saturated heterocycles. The van der Waals surface area contributed by atoms with Crippen molar-refractivity contribution in [3.8, 4) is 0 Å². The minimum absolute atomic E-state index is 0.0970. The number of carbonyl (C=O) groups excluding carboxylic acids is 1. The third kappa shape index (κ3) is 1.96. The maximum absolute atomic E-state index is 11.2. The summed E-state index contributed by atoms with van der Waals surface area (Å²) in [6, 6.07) is 2.09. The number of hydrogen-bond donors (Lipinski definition) is 0. The van der Waals surface area contributed by atoms with Gasteiger partial charge in [-0.2, -0.15) is 5.10 Å². The number of aryl methyl sites for hydroxylation is 2. The van der Waals surface area contributed by atoms with Crippen molar-refractivity contribution in [2.75, 3.05) is 0 Å². The normalized spacial score (nSPS) is 19.3. The first-order valence-corrected chi connectivity index (χ1v) is 5.61. The van der Waals surface area contributed by atoms with E-state index in [4.69, 9.17) is 0 Å². The maximum atomic E-state index is 11.2. The summed E-state index contributed by atoms with van der Waals surface area (Å²) in [4.78, 5) is 11.2. The smallest absolute Gasteiger partial charge is 0.126 e. The molecule has 0 amide bonds. The summed E-state index contributed by atoms with van der Waals surface area (Å²) >= 11 is 0. The summed E-state index contributed by atoms with van der Waals surface area (Å²) in [5, 5.41) is 4.32. The van der Waals surface area contributed by atoms with Gasteiger partial charge in [0, 0.05) is 24.6 Å². The Hall–Kier alpha value is -1.12. The first kappa shape index (κ1) is 10.4. The van der Waals surface area contributed by atoms with E-state index in [0.29, 0.717) is 0 Å². The van der Waals surface area contributed by atoms with Gasteiger partial charge in [0.1, 0.15) is 6.29 Å². The van der Waals surface area contributed by atoms with E-state index in [9.17, 15) is 4.79 Å². The molecule has 1 heterocycles. The lowest BCUT2D eigenvalue weighted by atomic mass is 9.83. The van der Waals surface area contributed by atoms with Crippen molar-refractivity contribution in [3.05, 3.63) is 17.5 Å². The monoisotopic (exact) mass is 206 g/mol. The number of aldehydes is 1. The second-order valence-corrected chi connectivity index (χ2v) is 4.76. The largest absolute Gasteiger partial charge is 0.303 e. The Morgan fingerprint density at radius 2 is 2.20 bits per heavy atom. The van der Waals surface area contributed by atoms with Crippen molar-refractivity contribution in [2.45, 2.75) is 39.0 Å². The molecule has 0 unspecified atom stereocenters. The van der Waals surface area contributed by atoms with Crippen molar-refractivity contribution >= 4 is 6.29 Å². The third-order valence-electron chi connectivity index (χ3n) is 3.48. The molecule has 0 N–H and O–H groups in total. The van der Waals surface area contributed by atoms with Crippen molar-refractivity contribution in [3.63, 3.8) is 0 Å². The zero-order valence-electron chi connectivity index (χ0n) is 9.49. The summed E-state index contributed by atoms with van der Waals surface area (Å²) < 4.78 is 1.90. The minimum Gasteiger partial charge on any atom is -0.303 e. The lowest BCUT2D eigenvalue weighted by Crippen LogP contribution is -2.22. The summed E-state index contributed by atoms with van der Waals surface area (Å²) in [6.07, 6.45) is 6.49. The molecule has 1 aliphatic rings. The number of nitrogens with zero attached hydrogens (tertiary/aromatic N) is 2. The molecule has 1 aliphatic carbocycles. The Balaban J connectivity index is 2.19. The Morgan fingerprint density at radius 1 is 1.53 bits per heavy atom. The predicted molar refractivity (Wildman–Crippen MR) is 58.6 cm³/mol. The number of rotatable bonds is 3. The Bertz CT molecular complexity index is 362. The highest BCUT2D eigenvalue weighted by molar-refractivity contribution is 5.60. The lowest BCUT2D eigenvalue weighted by molar-refractivity contribution is -0.116. The summed E-state index contributed by atoms with van der Waals surface area (Å²) in [6.45, 7) is 1.99. The van der Waals surface area contributed by atoms with E-state index in [0.717, 1.165) is 25.0 Å². The molecule has 1 aromatic heterocycles. The molecule has 0 aromatic carbocycles. The number of hydrogen-bond acceptors (Lipinski definition) is 2. The fraction of sp³-hybridized carbons (Fsp3) is 0.667.